The molecule has 6 heteroatoms. The van der Waals surface area contributed by atoms with Gasteiger partial charge in [0.25, 0.3) is 5.91 Å². The van der Waals surface area contributed by atoms with Gasteiger partial charge in [0.15, 0.2) is 6.61 Å². The van der Waals surface area contributed by atoms with Crippen molar-refractivity contribution in [1.82, 2.24) is 5.43 Å². The molecule has 148 valence electrons. The van der Waals surface area contributed by atoms with Crippen molar-refractivity contribution < 1.29 is 19.0 Å². The van der Waals surface area contributed by atoms with Gasteiger partial charge in [0, 0.05) is 5.56 Å². The van der Waals surface area contributed by atoms with E-state index >= 15 is 0 Å². The molecule has 0 bridgehead atoms. The Labute approximate surface area is 169 Å². The number of benzene rings is 3. The Bertz CT molecular complexity index is 970. The number of amides is 1. The molecule has 1 N–H and O–H groups in total. The molecule has 0 aromatic heterocycles. The molecule has 0 fully saturated rings. The van der Waals surface area contributed by atoms with E-state index in [0.717, 1.165) is 11.1 Å². The lowest BCUT2D eigenvalue weighted by Gasteiger charge is -2.08. The number of carbonyl (C=O) groups excluding carboxylic acids is 1. The molecule has 29 heavy (non-hydrogen) atoms. The standard InChI is InChI=1S/C23H22N2O4/c1-27-21-12-13-22(28-2)19(14-21)15-24-25-23(26)16-29-20-10-8-18(9-11-20)17-6-4-3-5-7-17/h3-15H,16H2,1-2H3,(H,25,26)/b24-15+. The van der Waals surface area contributed by atoms with E-state index in [-0.39, 0.29) is 12.5 Å². The van der Waals surface area contributed by atoms with Gasteiger partial charge in [-0.05, 0) is 41.5 Å². The van der Waals surface area contributed by atoms with Crippen molar-refractivity contribution in [2.45, 2.75) is 0 Å². The molecule has 3 aromatic rings. The molecule has 0 saturated heterocycles. The van der Waals surface area contributed by atoms with Crippen LogP contribution in [0.5, 0.6) is 17.2 Å². The van der Waals surface area contributed by atoms with Gasteiger partial charge in [-0.2, -0.15) is 5.10 Å². The summed E-state index contributed by atoms with van der Waals surface area (Å²) < 4.78 is 16.0. The molecule has 1 amide bonds. The average Bonchev–Trinajstić information content (AvgIpc) is 2.78. The van der Waals surface area contributed by atoms with Crippen LogP contribution in [0.25, 0.3) is 11.1 Å². The fraction of sp³-hybridized carbons (Fsp3) is 0.130. The summed E-state index contributed by atoms with van der Waals surface area (Å²) in [5, 5.41) is 3.95. The third kappa shape index (κ3) is 5.59. The highest BCUT2D eigenvalue weighted by molar-refractivity contribution is 5.86. The summed E-state index contributed by atoms with van der Waals surface area (Å²) in [6.45, 7) is -0.142. The van der Waals surface area contributed by atoms with Crippen LogP contribution in [0.1, 0.15) is 5.56 Å². The number of hydrogen-bond acceptors (Lipinski definition) is 5. The van der Waals surface area contributed by atoms with E-state index in [1.165, 1.54) is 6.21 Å². The van der Waals surface area contributed by atoms with E-state index in [1.54, 1.807) is 32.4 Å². The maximum absolute atomic E-state index is 12.0. The van der Waals surface area contributed by atoms with Gasteiger partial charge in [-0.25, -0.2) is 5.43 Å². The molecule has 0 heterocycles. The summed E-state index contributed by atoms with van der Waals surface area (Å²) in [5.74, 6) is 1.54. The molecular weight excluding hydrogens is 368 g/mol. The second-order valence-electron chi connectivity index (χ2n) is 6.08. The maximum atomic E-state index is 12.0. The van der Waals surface area contributed by atoms with Gasteiger partial charge in [0.2, 0.25) is 0 Å². The maximum Gasteiger partial charge on any atom is 0.277 e. The number of rotatable bonds is 8. The summed E-state index contributed by atoms with van der Waals surface area (Å²) in [4.78, 5) is 12.0. The van der Waals surface area contributed by atoms with Gasteiger partial charge < -0.3 is 14.2 Å². The quantitative estimate of drug-likeness (QED) is 0.468. The average molecular weight is 390 g/mol. The molecule has 3 aromatic carbocycles. The Kier molecular flexibility index (Phi) is 6.84. The smallest absolute Gasteiger partial charge is 0.277 e. The van der Waals surface area contributed by atoms with Crippen molar-refractivity contribution in [2.75, 3.05) is 20.8 Å². The van der Waals surface area contributed by atoms with Crippen LogP contribution in [0.2, 0.25) is 0 Å². The highest BCUT2D eigenvalue weighted by Crippen LogP contribution is 2.23. The van der Waals surface area contributed by atoms with Crippen LogP contribution in [0, 0.1) is 0 Å². The summed E-state index contributed by atoms with van der Waals surface area (Å²) in [6, 6.07) is 22.9. The molecule has 0 unspecified atom stereocenters. The van der Waals surface area contributed by atoms with E-state index in [1.807, 2.05) is 54.6 Å². The normalized spacial score (nSPS) is 10.6. The van der Waals surface area contributed by atoms with Crippen molar-refractivity contribution in [3.8, 4) is 28.4 Å². The summed E-state index contributed by atoms with van der Waals surface area (Å²) in [6.07, 6.45) is 1.49. The predicted molar refractivity (Wildman–Crippen MR) is 113 cm³/mol. The minimum absolute atomic E-state index is 0.142. The summed E-state index contributed by atoms with van der Waals surface area (Å²) >= 11 is 0. The number of nitrogens with zero attached hydrogens (tertiary/aromatic N) is 1. The minimum Gasteiger partial charge on any atom is -0.497 e. The highest BCUT2D eigenvalue weighted by Gasteiger charge is 2.05. The lowest BCUT2D eigenvalue weighted by atomic mass is 10.1. The first-order chi connectivity index (χ1) is 14.2. The number of carbonyl (C=O) groups is 1. The first kappa shape index (κ1) is 19.9. The number of hydrazone groups is 1. The Balaban J connectivity index is 1.52. The van der Waals surface area contributed by atoms with Gasteiger partial charge in [0.1, 0.15) is 17.2 Å². The van der Waals surface area contributed by atoms with Crippen LogP contribution in [0.3, 0.4) is 0 Å². The zero-order valence-electron chi connectivity index (χ0n) is 16.3. The topological polar surface area (TPSA) is 69.2 Å². The molecule has 0 aliphatic carbocycles. The van der Waals surface area contributed by atoms with Crippen molar-refractivity contribution in [3.63, 3.8) is 0 Å². The van der Waals surface area contributed by atoms with Crippen LogP contribution in [0.15, 0.2) is 77.9 Å². The van der Waals surface area contributed by atoms with Gasteiger partial charge in [-0.15, -0.1) is 0 Å². The highest BCUT2D eigenvalue weighted by atomic mass is 16.5. The van der Waals surface area contributed by atoms with E-state index in [0.29, 0.717) is 22.8 Å². The van der Waals surface area contributed by atoms with Gasteiger partial charge >= 0.3 is 0 Å². The molecule has 0 spiro atoms. The van der Waals surface area contributed by atoms with Crippen molar-refractivity contribution >= 4 is 12.1 Å². The zero-order valence-corrected chi connectivity index (χ0v) is 16.3. The van der Waals surface area contributed by atoms with Crippen molar-refractivity contribution in [3.05, 3.63) is 78.4 Å². The van der Waals surface area contributed by atoms with E-state index in [2.05, 4.69) is 10.5 Å². The lowest BCUT2D eigenvalue weighted by molar-refractivity contribution is -0.123. The Morgan fingerprint density at radius 2 is 1.59 bits per heavy atom. The van der Waals surface area contributed by atoms with Gasteiger partial charge in [-0.1, -0.05) is 42.5 Å². The fourth-order valence-corrected chi connectivity index (χ4v) is 2.67. The van der Waals surface area contributed by atoms with E-state index in [9.17, 15) is 4.79 Å². The molecule has 6 nitrogen and oxygen atoms in total. The number of ether oxygens (including phenoxy) is 3. The molecule has 0 atom stereocenters. The van der Waals surface area contributed by atoms with Crippen molar-refractivity contribution in [2.24, 2.45) is 5.10 Å². The summed E-state index contributed by atoms with van der Waals surface area (Å²) in [5.41, 5.74) is 5.33. The fourth-order valence-electron chi connectivity index (χ4n) is 2.67. The lowest BCUT2D eigenvalue weighted by Crippen LogP contribution is -2.24. The predicted octanol–water partition coefficient (Wildman–Crippen LogP) is 3.90. The van der Waals surface area contributed by atoms with E-state index < -0.39 is 0 Å². The molecular formula is C23H22N2O4. The molecule has 0 radical (unpaired) electrons. The third-order valence-electron chi connectivity index (χ3n) is 4.16. The van der Waals surface area contributed by atoms with E-state index in [4.69, 9.17) is 14.2 Å². The van der Waals surface area contributed by atoms with Crippen LogP contribution in [0.4, 0.5) is 0 Å². The first-order valence-electron chi connectivity index (χ1n) is 9.02. The second kappa shape index (κ2) is 9.94. The molecule has 0 saturated carbocycles. The van der Waals surface area contributed by atoms with Crippen LogP contribution in [-0.2, 0) is 4.79 Å². The van der Waals surface area contributed by atoms with Crippen LogP contribution < -0.4 is 19.6 Å². The monoisotopic (exact) mass is 390 g/mol. The van der Waals surface area contributed by atoms with Crippen molar-refractivity contribution in [1.29, 1.82) is 0 Å². The molecule has 0 aliphatic rings. The first-order valence-corrected chi connectivity index (χ1v) is 9.02. The van der Waals surface area contributed by atoms with Crippen LogP contribution >= 0.6 is 0 Å². The molecule has 0 aliphatic heterocycles. The molecule has 3 rings (SSSR count). The Morgan fingerprint density at radius 1 is 0.897 bits per heavy atom. The zero-order chi connectivity index (χ0) is 20.5. The largest absolute Gasteiger partial charge is 0.497 e. The van der Waals surface area contributed by atoms with Gasteiger partial charge in [0.05, 0.1) is 20.4 Å². The third-order valence-corrected chi connectivity index (χ3v) is 4.16. The summed E-state index contributed by atoms with van der Waals surface area (Å²) in [7, 11) is 3.14. The SMILES string of the molecule is COc1ccc(OC)c(/C=N/NC(=O)COc2ccc(-c3ccccc3)cc2)c1. The Hall–Kier alpha value is -3.80. The number of nitrogens with one attached hydrogen (secondary N) is 1. The van der Waals surface area contributed by atoms with Crippen LogP contribution in [-0.4, -0.2) is 32.9 Å². The van der Waals surface area contributed by atoms with Gasteiger partial charge in [-0.3, -0.25) is 4.79 Å². The number of hydrogen-bond donors (Lipinski definition) is 1. The second-order valence-corrected chi connectivity index (χ2v) is 6.08. The minimum atomic E-state index is -0.366. The number of methoxy groups -OCH3 is 2. The Morgan fingerprint density at radius 3 is 2.28 bits per heavy atom.